The van der Waals surface area contributed by atoms with Gasteiger partial charge in [-0.05, 0) is 6.42 Å². The predicted molar refractivity (Wildman–Crippen MR) is 51.0 cm³/mol. The van der Waals surface area contributed by atoms with Crippen molar-refractivity contribution in [3.63, 3.8) is 0 Å². The topological polar surface area (TPSA) is 46.9 Å². The number of aromatic nitrogens is 2. The number of nitrogens with zero attached hydrogens (tertiary/aromatic N) is 2. The molecular weight excluding hydrogens is 190 g/mol. The highest BCUT2D eigenvalue weighted by Crippen LogP contribution is 2.19. The Morgan fingerprint density at radius 1 is 1.69 bits per heavy atom. The molecule has 0 aliphatic rings. The minimum Gasteiger partial charge on any atom is -0.355 e. The molecule has 0 saturated carbocycles. The Labute approximate surface area is 81.9 Å². The van der Waals surface area contributed by atoms with E-state index in [1.54, 1.807) is 14.1 Å². The predicted octanol–water partition coefficient (Wildman–Crippen LogP) is 0.996. The summed E-state index contributed by atoms with van der Waals surface area (Å²) in [5.41, 5.74) is 1.21. The van der Waals surface area contributed by atoms with Gasteiger partial charge in [0.2, 0.25) is 0 Å². The zero-order chi connectivity index (χ0) is 10.0. The smallest absolute Gasteiger partial charge is 0.256 e. The molecule has 1 amide bonds. The summed E-state index contributed by atoms with van der Waals surface area (Å²) in [5, 5.41) is 7.04. The van der Waals surface area contributed by atoms with E-state index in [2.05, 4.69) is 10.4 Å². The Balaban J connectivity index is 3.23. The van der Waals surface area contributed by atoms with Crippen molar-refractivity contribution >= 4 is 17.5 Å². The number of rotatable bonds is 2. The van der Waals surface area contributed by atoms with Gasteiger partial charge in [-0.15, -0.1) is 0 Å². The third kappa shape index (κ3) is 1.67. The van der Waals surface area contributed by atoms with Gasteiger partial charge in [-0.25, -0.2) is 0 Å². The Morgan fingerprint density at radius 3 is 2.77 bits per heavy atom. The van der Waals surface area contributed by atoms with Gasteiger partial charge >= 0.3 is 0 Å². The molecule has 4 nitrogen and oxygen atoms in total. The summed E-state index contributed by atoms with van der Waals surface area (Å²) in [6.45, 7) is 1.94. The Kier molecular flexibility index (Phi) is 2.93. The molecule has 0 aliphatic carbocycles. The first-order chi connectivity index (χ1) is 6.11. The maximum Gasteiger partial charge on any atom is 0.256 e. The molecule has 1 aromatic heterocycles. The first kappa shape index (κ1) is 10.1. The van der Waals surface area contributed by atoms with Gasteiger partial charge in [0.05, 0.1) is 11.3 Å². The second-order valence-electron chi connectivity index (χ2n) is 2.67. The highest BCUT2D eigenvalue weighted by Gasteiger charge is 2.18. The van der Waals surface area contributed by atoms with Gasteiger partial charge in [-0.3, -0.25) is 9.48 Å². The first-order valence-electron chi connectivity index (χ1n) is 4.05. The molecule has 13 heavy (non-hydrogen) atoms. The molecule has 72 valence electrons. The van der Waals surface area contributed by atoms with Gasteiger partial charge in [0.1, 0.15) is 5.15 Å². The lowest BCUT2D eigenvalue weighted by atomic mass is 10.2. The van der Waals surface area contributed by atoms with Crippen LogP contribution in [0, 0.1) is 0 Å². The zero-order valence-corrected chi connectivity index (χ0v) is 8.64. The summed E-state index contributed by atoms with van der Waals surface area (Å²) >= 11 is 5.91. The molecule has 0 bridgehead atoms. The van der Waals surface area contributed by atoms with Crippen LogP contribution in [0.3, 0.4) is 0 Å². The van der Waals surface area contributed by atoms with Crippen molar-refractivity contribution in [2.24, 2.45) is 7.05 Å². The van der Waals surface area contributed by atoms with E-state index in [0.29, 0.717) is 17.1 Å². The Bertz CT molecular complexity index is 332. The van der Waals surface area contributed by atoms with Crippen LogP contribution in [-0.4, -0.2) is 22.7 Å². The molecule has 5 heteroatoms. The van der Waals surface area contributed by atoms with E-state index < -0.39 is 0 Å². The second kappa shape index (κ2) is 3.79. The van der Waals surface area contributed by atoms with Crippen LogP contribution >= 0.6 is 11.6 Å². The van der Waals surface area contributed by atoms with Crippen LogP contribution in [0.25, 0.3) is 0 Å². The van der Waals surface area contributed by atoms with Gasteiger partial charge < -0.3 is 5.32 Å². The molecular formula is C8H12ClN3O. The van der Waals surface area contributed by atoms with Crippen LogP contribution in [0.2, 0.25) is 5.15 Å². The molecule has 1 N–H and O–H groups in total. The average Bonchev–Trinajstić information content (AvgIpc) is 2.42. The number of carbonyl (C=O) groups excluding carboxylic acids is 1. The molecule has 0 unspecified atom stereocenters. The average molecular weight is 202 g/mol. The summed E-state index contributed by atoms with van der Waals surface area (Å²) in [6, 6.07) is 0. The lowest BCUT2D eigenvalue weighted by Gasteiger charge is -1.98. The fraction of sp³-hybridized carbons (Fsp3) is 0.500. The fourth-order valence-electron chi connectivity index (χ4n) is 1.15. The van der Waals surface area contributed by atoms with E-state index in [-0.39, 0.29) is 5.91 Å². The second-order valence-corrected chi connectivity index (χ2v) is 3.03. The summed E-state index contributed by atoms with van der Waals surface area (Å²) in [6.07, 6.45) is 0.698. The Morgan fingerprint density at radius 2 is 2.31 bits per heavy atom. The molecule has 0 atom stereocenters. The van der Waals surface area contributed by atoms with Crippen molar-refractivity contribution in [1.29, 1.82) is 0 Å². The van der Waals surface area contributed by atoms with Gasteiger partial charge in [0.15, 0.2) is 0 Å². The third-order valence-electron chi connectivity index (χ3n) is 1.84. The van der Waals surface area contributed by atoms with Crippen LogP contribution in [0.15, 0.2) is 0 Å². The monoisotopic (exact) mass is 201 g/mol. The van der Waals surface area contributed by atoms with E-state index in [0.717, 1.165) is 5.69 Å². The van der Waals surface area contributed by atoms with Crippen LogP contribution in [0.1, 0.15) is 23.0 Å². The van der Waals surface area contributed by atoms with E-state index >= 15 is 0 Å². The number of nitrogens with one attached hydrogen (secondary N) is 1. The van der Waals surface area contributed by atoms with Gasteiger partial charge in [0.25, 0.3) is 5.91 Å². The maximum atomic E-state index is 11.4. The largest absolute Gasteiger partial charge is 0.355 e. The van der Waals surface area contributed by atoms with Gasteiger partial charge in [0, 0.05) is 14.1 Å². The van der Waals surface area contributed by atoms with E-state index in [9.17, 15) is 4.79 Å². The zero-order valence-electron chi connectivity index (χ0n) is 7.89. The van der Waals surface area contributed by atoms with Crippen molar-refractivity contribution in [2.75, 3.05) is 7.05 Å². The van der Waals surface area contributed by atoms with Crippen LogP contribution in [-0.2, 0) is 13.5 Å². The van der Waals surface area contributed by atoms with Gasteiger partial charge in [-0.1, -0.05) is 18.5 Å². The fourth-order valence-corrected chi connectivity index (χ4v) is 1.39. The van der Waals surface area contributed by atoms with Crippen molar-refractivity contribution in [2.45, 2.75) is 13.3 Å². The quantitative estimate of drug-likeness (QED) is 0.776. The molecule has 0 aromatic carbocycles. The van der Waals surface area contributed by atoms with E-state index in [4.69, 9.17) is 11.6 Å². The van der Waals surface area contributed by atoms with E-state index in [1.807, 2.05) is 6.92 Å². The van der Waals surface area contributed by atoms with Crippen molar-refractivity contribution < 1.29 is 4.79 Å². The number of aryl methyl sites for hydroxylation is 2. The number of amides is 1. The minimum atomic E-state index is -0.185. The lowest BCUT2D eigenvalue weighted by Crippen LogP contribution is -2.19. The van der Waals surface area contributed by atoms with Crippen molar-refractivity contribution in [1.82, 2.24) is 15.1 Å². The molecule has 0 spiro atoms. The number of carbonyl (C=O) groups is 1. The molecule has 1 rings (SSSR count). The summed E-state index contributed by atoms with van der Waals surface area (Å²) in [4.78, 5) is 11.4. The molecule has 0 radical (unpaired) electrons. The molecule has 1 heterocycles. The summed E-state index contributed by atoms with van der Waals surface area (Å²) < 4.78 is 1.50. The number of halogens is 1. The molecule has 0 aliphatic heterocycles. The molecule has 1 aromatic rings. The summed E-state index contributed by atoms with van der Waals surface area (Å²) in [5.74, 6) is -0.185. The maximum absolute atomic E-state index is 11.4. The minimum absolute atomic E-state index is 0.185. The molecule has 0 fully saturated rings. The number of hydrogen-bond acceptors (Lipinski definition) is 2. The third-order valence-corrected chi connectivity index (χ3v) is 2.27. The lowest BCUT2D eigenvalue weighted by molar-refractivity contribution is 0.0962. The van der Waals surface area contributed by atoms with E-state index in [1.165, 1.54) is 4.68 Å². The van der Waals surface area contributed by atoms with Crippen LogP contribution in [0.4, 0.5) is 0 Å². The van der Waals surface area contributed by atoms with Crippen molar-refractivity contribution in [3.8, 4) is 0 Å². The first-order valence-corrected chi connectivity index (χ1v) is 4.43. The van der Waals surface area contributed by atoms with Crippen LogP contribution in [0.5, 0.6) is 0 Å². The van der Waals surface area contributed by atoms with Crippen LogP contribution < -0.4 is 5.32 Å². The molecule has 0 saturated heterocycles. The standard InChI is InChI=1S/C8H12ClN3O/c1-4-5-6(8(13)10-2)7(9)12(3)11-5/h4H2,1-3H3,(H,10,13). The SMILES string of the molecule is CCc1nn(C)c(Cl)c1C(=O)NC. The Hall–Kier alpha value is -1.03. The summed E-state index contributed by atoms with van der Waals surface area (Å²) in [7, 11) is 3.29. The van der Waals surface area contributed by atoms with Crippen molar-refractivity contribution in [3.05, 3.63) is 16.4 Å². The van der Waals surface area contributed by atoms with Gasteiger partial charge in [-0.2, -0.15) is 5.10 Å². The number of hydrogen-bond donors (Lipinski definition) is 1. The highest BCUT2D eigenvalue weighted by molar-refractivity contribution is 6.33. The highest BCUT2D eigenvalue weighted by atomic mass is 35.5. The normalized spacial score (nSPS) is 10.2.